The molecule has 3 aromatic rings. The van der Waals surface area contributed by atoms with E-state index in [1.54, 1.807) is 12.1 Å². The van der Waals surface area contributed by atoms with Gasteiger partial charge in [-0.25, -0.2) is 4.79 Å². The highest BCUT2D eigenvalue weighted by atomic mass is 16.7. The molecule has 0 saturated carbocycles. The summed E-state index contributed by atoms with van der Waals surface area (Å²) in [6.45, 7) is 11.2. The van der Waals surface area contributed by atoms with Crippen LogP contribution in [0.4, 0.5) is 5.69 Å². The second-order valence-electron chi connectivity index (χ2n) is 9.32. The van der Waals surface area contributed by atoms with E-state index in [-0.39, 0.29) is 10.6 Å². The van der Waals surface area contributed by atoms with Crippen LogP contribution in [0.1, 0.15) is 60.4 Å². The fraction of sp³-hybridized carbons (Fsp3) is 0.226. The van der Waals surface area contributed by atoms with E-state index in [1.807, 2.05) is 61.5 Å². The van der Waals surface area contributed by atoms with Crippen LogP contribution >= 0.6 is 0 Å². The van der Waals surface area contributed by atoms with Gasteiger partial charge >= 0.3 is 5.97 Å². The summed E-state index contributed by atoms with van der Waals surface area (Å²) in [5.74, 6) is -0.502. The van der Waals surface area contributed by atoms with Crippen LogP contribution in [0.15, 0.2) is 91.1 Å². The van der Waals surface area contributed by atoms with E-state index >= 15 is 0 Å². The number of carbonyl (C=O) groups excluding carboxylic acids is 1. The minimum absolute atomic E-state index is 0.0744. The third-order valence-electron chi connectivity index (χ3n) is 7.04. The zero-order chi connectivity index (χ0) is 26.6. The van der Waals surface area contributed by atoms with Crippen molar-refractivity contribution in [1.82, 2.24) is 0 Å². The molecule has 0 aliphatic heterocycles. The van der Waals surface area contributed by atoms with Gasteiger partial charge in [0.1, 0.15) is 5.71 Å². The van der Waals surface area contributed by atoms with Crippen molar-refractivity contribution in [1.29, 1.82) is 0 Å². The maximum atomic E-state index is 11.7. The first-order valence-corrected chi connectivity index (χ1v) is 12.3. The third-order valence-corrected chi connectivity index (χ3v) is 7.04. The van der Waals surface area contributed by atoms with E-state index in [0.717, 1.165) is 64.6 Å². The lowest BCUT2D eigenvalue weighted by atomic mass is 9.71. The highest BCUT2D eigenvalue weighted by Crippen LogP contribution is 2.55. The van der Waals surface area contributed by atoms with Gasteiger partial charge in [0.05, 0.1) is 4.92 Å². The van der Waals surface area contributed by atoms with Crippen LogP contribution in [-0.2, 0) is 15.0 Å². The summed E-state index contributed by atoms with van der Waals surface area (Å²) in [6, 6.07) is 19.1. The molecular weight excluding hydrogens is 464 g/mol. The molecule has 0 amide bonds. The molecule has 0 radical (unpaired) electrons. The molecule has 0 aromatic heterocycles. The quantitative estimate of drug-likeness (QED) is 0.0965. The monoisotopic (exact) mass is 494 g/mol. The summed E-state index contributed by atoms with van der Waals surface area (Å²) < 4.78 is 0. The molecule has 6 heteroatoms. The minimum Gasteiger partial charge on any atom is -0.318 e. The van der Waals surface area contributed by atoms with Crippen molar-refractivity contribution in [2.45, 2.75) is 44.9 Å². The van der Waals surface area contributed by atoms with Crippen LogP contribution in [-0.4, -0.2) is 16.6 Å². The number of nitro groups is 1. The van der Waals surface area contributed by atoms with Crippen molar-refractivity contribution < 1.29 is 14.6 Å². The number of nitro benzene ring substituents is 1. The van der Waals surface area contributed by atoms with Gasteiger partial charge in [-0.3, -0.25) is 10.1 Å². The van der Waals surface area contributed by atoms with Gasteiger partial charge in [-0.15, -0.1) is 13.2 Å². The number of fused-ring (bicyclic) bond motifs is 3. The van der Waals surface area contributed by atoms with E-state index in [2.05, 4.69) is 24.4 Å². The molecule has 0 fully saturated rings. The van der Waals surface area contributed by atoms with E-state index < -0.39 is 11.4 Å². The standard InChI is InChI=1S/C31H30N2O4/c1-5-7-17-31(18-8-6-2)28-19-23(30(32-37-22(4)34)25-12-10-9-11-21(25)3)13-15-26(28)27-16-14-24(33(35)36)20-29(27)31/h5-6,9-16,19-20H,1-2,7-8,17-18H2,3-4H3/b32-30+. The average Bonchev–Trinajstić information content (AvgIpc) is 3.16. The Labute approximate surface area is 217 Å². The number of non-ortho nitro benzene ring substituents is 1. The number of carbonyl (C=O) groups is 1. The normalized spacial score (nSPS) is 13.4. The fourth-order valence-corrected chi connectivity index (χ4v) is 5.31. The lowest BCUT2D eigenvalue weighted by Crippen LogP contribution is -2.25. The summed E-state index contributed by atoms with van der Waals surface area (Å²) in [4.78, 5) is 28.1. The van der Waals surface area contributed by atoms with Crippen LogP contribution < -0.4 is 0 Å². The van der Waals surface area contributed by atoms with Gasteiger partial charge in [0.15, 0.2) is 0 Å². The number of hydrogen-bond donors (Lipinski definition) is 0. The number of oxime groups is 1. The molecule has 0 bridgehead atoms. The molecule has 0 N–H and O–H groups in total. The summed E-state index contributed by atoms with van der Waals surface area (Å²) in [7, 11) is 0. The molecule has 1 aliphatic rings. The summed E-state index contributed by atoms with van der Waals surface area (Å²) in [6.07, 6.45) is 6.75. The Morgan fingerprint density at radius 3 is 2.22 bits per heavy atom. The SMILES string of the molecule is C=CCCC1(CCC=C)c2cc(/C(=N\OC(C)=O)c3ccccc3C)ccc2-c2ccc([N+](=O)[O-])cc21. The van der Waals surface area contributed by atoms with Crippen molar-refractivity contribution in [3.8, 4) is 11.1 Å². The second kappa shape index (κ2) is 10.7. The maximum absolute atomic E-state index is 11.7. The zero-order valence-corrected chi connectivity index (χ0v) is 21.2. The van der Waals surface area contributed by atoms with Crippen molar-refractivity contribution in [3.63, 3.8) is 0 Å². The Balaban J connectivity index is 1.98. The second-order valence-corrected chi connectivity index (χ2v) is 9.32. The number of rotatable bonds is 10. The maximum Gasteiger partial charge on any atom is 0.332 e. The van der Waals surface area contributed by atoms with Crippen molar-refractivity contribution >= 4 is 17.4 Å². The number of hydrogen-bond acceptors (Lipinski definition) is 5. The Bertz CT molecular complexity index is 1410. The predicted octanol–water partition coefficient (Wildman–Crippen LogP) is 7.42. The molecule has 6 nitrogen and oxygen atoms in total. The van der Waals surface area contributed by atoms with E-state index in [0.29, 0.717) is 5.71 Å². The molecule has 0 unspecified atom stereocenters. The molecule has 0 heterocycles. The third kappa shape index (κ3) is 4.87. The van der Waals surface area contributed by atoms with Crippen molar-refractivity contribution in [2.24, 2.45) is 5.16 Å². The molecule has 4 rings (SSSR count). The smallest absolute Gasteiger partial charge is 0.318 e. The fourth-order valence-electron chi connectivity index (χ4n) is 5.31. The molecule has 3 aromatic carbocycles. The van der Waals surface area contributed by atoms with Crippen LogP contribution in [0.3, 0.4) is 0 Å². The van der Waals surface area contributed by atoms with E-state index in [1.165, 1.54) is 6.92 Å². The van der Waals surface area contributed by atoms with Gasteiger partial charge in [-0.2, -0.15) is 0 Å². The Morgan fingerprint density at radius 1 is 1.00 bits per heavy atom. The Morgan fingerprint density at radius 2 is 1.62 bits per heavy atom. The summed E-state index contributed by atoms with van der Waals surface area (Å²) >= 11 is 0. The van der Waals surface area contributed by atoms with Gasteiger partial charge in [0.2, 0.25) is 0 Å². The van der Waals surface area contributed by atoms with Gasteiger partial charge in [0.25, 0.3) is 5.69 Å². The predicted molar refractivity (Wildman–Crippen MR) is 147 cm³/mol. The van der Waals surface area contributed by atoms with Crippen LogP contribution in [0.25, 0.3) is 11.1 Å². The highest BCUT2D eigenvalue weighted by Gasteiger charge is 2.43. The lowest BCUT2D eigenvalue weighted by Gasteiger charge is -2.32. The van der Waals surface area contributed by atoms with Crippen molar-refractivity contribution in [3.05, 3.63) is 124 Å². The van der Waals surface area contributed by atoms with Crippen LogP contribution in [0.5, 0.6) is 0 Å². The molecule has 0 saturated heterocycles. The Hall–Kier alpha value is -4.32. The largest absolute Gasteiger partial charge is 0.332 e. The van der Waals surface area contributed by atoms with E-state index in [4.69, 9.17) is 4.84 Å². The first-order valence-electron chi connectivity index (χ1n) is 12.3. The Kier molecular flexibility index (Phi) is 7.48. The van der Waals surface area contributed by atoms with Gasteiger partial charge in [-0.1, -0.05) is 53.7 Å². The molecule has 0 atom stereocenters. The first kappa shape index (κ1) is 25.8. The number of nitrogens with zero attached hydrogens (tertiary/aromatic N) is 2. The molecule has 0 spiro atoms. The lowest BCUT2D eigenvalue weighted by molar-refractivity contribution is -0.384. The topological polar surface area (TPSA) is 81.8 Å². The van der Waals surface area contributed by atoms with Gasteiger partial charge < -0.3 is 4.84 Å². The highest BCUT2D eigenvalue weighted by molar-refractivity contribution is 6.14. The zero-order valence-electron chi connectivity index (χ0n) is 21.2. The number of allylic oxidation sites excluding steroid dienone is 2. The molecule has 1 aliphatic carbocycles. The average molecular weight is 495 g/mol. The molecular formula is C31H30N2O4. The van der Waals surface area contributed by atoms with E-state index in [9.17, 15) is 14.9 Å². The van der Waals surface area contributed by atoms with Gasteiger partial charge in [-0.05, 0) is 72.6 Å². The van der Waals surface area contributed by atoms with Crippen LogP contribution in [0.2, 0.25) is 0 Å². The number of benzene rings is 3. The summed E-state index contributed by atoms with van der Waals surface area (Å²) in [5, 5.41) is 15.9. The summed E-state index contributed by atoms with van der Waals surface area (Å²) in [5.41, 5.74) is 6.89. The van der Waals surface area contributed by atoms with Crippen LogP contribution in [0, 0.1) is 17.0 Å². The number of aryl methyl sites for hydroxylation is 1. The minimum atomic E-state index is -0.502. The first-order chi connectivity index (χ1) is 17.8. The van der Waals surface area contributed by atoms with Crippen molar-refractivity contribution in [2.75, 3.05) is 0 Å². The molecule has 188 valence electrons. The van der Waals surface area contributed by atoms with Gasteiger partial charge in [0, 0.05) is 35.6 Å². The molecule has 37 heavy (non-hydrogen) atoms.